The van der Waals surface area contributed by atoms with Crippen LogP contribution in [-0.2, 0) is 11.2 Å². The van der Waals surface area contributed by atoms with Crippen LogP contribution < -0.4 is 5.73 Å². The molecule has 1 saturated heterocycles. The smallest absolute Gasteiger partial charge is 0.0949 e. The Hall–Kier alpha value is -0.450. The van der Waals surface area contributed by atoms with Crippen molar-refractivity contribution in [2.75, 3.05) is 13.2 Å². The van der Waals surface area contributed by atoms with Gasteiger partial charge in [0.2, 0.25) is 0 Å². The van der Waals surface area contributed by atoms with Gasteiger partial charge in [-0.25, -0.2) is 4.98 Å². The lowest BCUT2D eigenvalue weighted by atomic mass is 9.88. The van der Waals surface area contributed by atoms with Crippen molar-refractivity contribution in [3.63, 3.8) is 0 Å². The van der Waals surface area contributed by atoms with Crippen molar-refractivity contribution in [3.8, 4) is 0 Å². The molecule has 0 unspecified atom stereocenters. The van der Waals surface area contributed by atoms with Crippen LogP contribution in [0.25, 0.3) is 0 Å². The molecule has 4 heteroatoms. The third-order valence-electron chi connectivity index (χ3n) is 3.06. The minimum absolute atomic E-state index is 0.0883. The Bertz CT molecular complexity index is 323. The van der Waals surface area contributed by atoms with E-state index in [-0.39, 0.29) is 5.54 Å². The first-order chi connectivity index (χ1) is 7.09. The van der Waals surface area contributed by atoms with Gasteiger partial charge in [-0.2, -0.15) is 0 Å². The van der Waals surface area contributed by atoms with Crippen molar-refractivity contribution in [1.29, 1.82) is 0 Å². The monoisotopic (exact) mass is 226 g/mol. The molecule has 2 heterocycles. The maximum Gasteiger partial charge on any atom is 0.0949 e. The highest BCUT2D eigenvalue weighted by Gasteiger charge is 2.29. The van der Waals surface area contributed by atoms with Gasteiger partial charge in [0.15, 0.2) is 0 Å². The first-order valence-electron chi connectivity index (χ1n) is 5.39. The second kappa shape index (κ2) is 4.20. The van der Waals surface area contributed by atoms with Crippen LogP contribution in [0.1, 0.15) is 28.4 Å². The minimum atomic E-state index is -0.0883. The van der Waals surface area contributed by atoms with Crippen LogP contribution in [0.4, 0.5) is 0 Å². The van der Waals surface area contributed by atoms with Crippen LogP contribution in [0, 0.1) is 13.8 Å². The van der Waals surface area contributed by atoms with Gasteiger partial charge in [-0.05, 0) is 26.7 Å². The molecule has 0 spiro atoms. The highest BCUT2D eigenvalue weighted by Crippen LogP contribution is 2.26. The fourth-order valence-corrected chi connectivity index (χ4v) is 2.96. The van der Waals surface area contributed by atoms with Gasteiger partial charge in [-0.1, -0.05) is 0 Å². The summed E-state index contributed by atoms with van der Waals surface area (Å²) in [5, 5.41) is 1.18. The fraction of sp³-hybridized carbons (Fsp3) is 0.727. The summed E-state index contributed by atoms with van der Waals surface area (Å²) in [6, 6.07) is 0. The fourth-order valence-electron chi connectivity index (χ4n) is 1.87. The third-order valence-corrected chi connectivity index (χ3v) is 4.14. The van der Waals surface area contributed by atoms with Crippen LogP contribution in [-0.4, -0.2) is 23.7 Å². The summed E-state index contributed by atoms with van der Waals surface area (Å²) >= 11 is 1.77. The largest absolute Gasteiger partial charge is 0.381 e. The molecule has 1 aliphatic heterocycles. The van der Waals surface area contributed by atoms with Crippen LogP contribution in [0.2, 0.25) is 0 Å². The highest BCUT2D eigenvalue weighted by molar-refractivity contribution is 7.11. The predicted octanol–water partition coefficient (Wildman–Crippen LogP) is 1.81. The Labute approximate surface area is 94.7 Å². The van der Waals surface area contributed by atoms with Gasteiger partial charge in [0.25, 0.3) is 0 Å². The number of hydrogen-bond donors (Lipinski definition) is 1. The van der Waals surface area contributed by atoms with E-state index in [1.165, 1.54) is 9.88 Å². The zero-order valence-corrected chi connectivity index (χ0v) is 10.2. The van der Waals surface area contributed by atoms with Gasteiger partial charge in [0.1, 0.15) is 0 Å². The normalized spacial score (nSPS) is 20.5. The number of aryl methyl sites for hydroxylation is 2. The SMILES string of the molecule is Cc1nc(CC2(N)CCOCC2)sc1C. The number of rotatable bonds is 2. The van der Waals surface area contributed by atoms with E-state index in [0.717, 1.165) is 38.2 Å². The summed E-state index contributed by atoms with van der Waals surface area (Å²) in [5.41, 5.74) is 7.39. The molecule has 2 N–H and O–H groups in total. The Morgan fingerprint density at radius 3 is 2.60 bits per heavy atom. The van der Waals surface area contributed by atoms with Crippen LogP contribution in [0.15, 0.2) is 0 Å². The van der Waals surface area contributed by atoms with Crippen molar-refractivity contribution in [2.24, 2.45) is 5.73 Å². The lowest BCUT2D eigenvalue weighted by Crippen LogP contribution is -2.46. The van der Waals surface area contributed by atoms with Crippen molar-refractivity contribution < 1.29 is 4.74 Å². The summed E-state index contributed by atoms with van der Waals surface area (Å²) in [5.74, 6) is 0. The van der Waals surface area contributed by atoms with E-state index < -0.39 is 0 Å². The van der Waals surface area contributed by atoms with Gasteiger partial charge < -0.3 is 10.5 Å². The molecule has 0 atom stereocenters. The second-order valence-electron chi connectivity index (χ2n) is 4.40. The number of hydrogen-bond acceptors (Lipinski definition) is 4. The number of thiazole rings is 1. The molecule has 0 radical (unpaired) electrons. The van der Waals surface area contributed by atoms with Gasteiger partial charge in [0, 0.05) is 30.1 Å². The summed E-state index contributed by atoms with van der Waals surface area (Å²) in [6.45, 7) is 5.76. The standard InChI is InChI=1S/C11H18N2OS/c1-8-9(2)15-10(13-8)7-11(12)3-5-14-6-4-11/h3-7,12H2,1-2H3. The van der Waals surface area contributed by atoms with Crippen molar-refractivity contribution in [1.82, 2.24) is 4.98 Å². The molecule has 0 aromatic carbocycles. The first-order valence-corrected chi connectivity index (χ1v) is 6.20. The molecule has 1 aromatic heterocycles. The second-order valence-corrected chi connectivity index (χ2v) is 5.69. The summed E-state index contributed by atoms with van der Waals surface area (Å²) in [6.07, 6.45) is 2.80. The summed E-state index contributed by atoms with van der Waals surface area (Å²) in [4.78, 5) is 5.85. The maximum atomic E-state index is 6.34. The molecule has 0 aliphatic carbocycles. The maximum absolute atomic E-state index is 6.34. The number of nitrogens with two attached hydrogens (primary N) is 1. The van der Waals surface area contributed by atoms with E-state index in [0.29, 0.717) is 0 Å². The first kappa shape index (κ1) is 11.0. The van der Waals surface area contributed by atoms with Crippen molar-refractivity contribution in [3.05, 3.63) is 15.6 Å². The molecule has 1 aliphatic rings. The van der Waals surface area contributed by atoms with Gasteiger partial charge in [-0.3, -0.25) is 0 Å². The third kappa shape index (κ3) is 2.56. The lowest BCUT2D eigenvalue weighted by Gasteiger charge is -2.32. The average Bonchev–Trinajstić information content (AvgIpc) is 2.46. The van der Waals surface area contributed by atoms with E-state index in [2.05, 4.69) is 18.8 Å². The van der Waals surface area contributed by atoms with Gasteiger partial charge in [0.05, 0.1) is 10.7 Å². The van der Waals surface area contributed by atoms with Gasteiger partial charge >= 0.3 is 0 Å². The molecule has 3 nitrogen and oxygen atoms in total. The molecule has 1 fully saturated rings. The molecular formula is C11H18N2OS. The van der Waals surface area contributed by atoms with Gasteiger partial charge in [-0.15, -0.1) is 11.3 Å². The quantitative estimate of drug-likeness (QED) is 0.836. The number of nitrogens with zero attached hydrogens (tertiary/aromatic N) is 1. The van der Waals surface area contributed by atoms with E-state index in [1.807, 2.05) is 0 Å². The zero-order chi connectivity index (χ0) is 10.9. The molecule has 15 heavy (non-hydrogen) atoms. The number of ether oxygens (including phenoxy) is 1. The number of aromatic nitrogens is 1. The molecular weight excluding hydrogens is 208 g/mol. The Kier molecular flexibility index (Phi) is 3.09. The molecule has 0 amide bonds. The Morgan fingerprint density at radius 2 is 2.07 bits per heavy atom. The highest BCUT2D eigenvalue weighted by atomic mass is 32.1. The molecule has 1 aromatic rings. The van der Waals surface area contributed by atoms with Crippen molar-refractivity contribution in [2.45, 2.75) is 38.6 Å². The lowest BCUT2D eigenvalue weighted by molar-refractivity contribution is 0.0533. The van der Waals surface area contributed by atoms with E-state index in [1.54, 1.807) is 11.3 Å². The van der Waals surface area contributed by atoms with Crippen LogP contribution in [0.5, 0.6) is 0 Å². The molecule has 2 rings (SSSR count). The Morgan fingerprint density at radius 1 is 1.40 bits per heavy atom. The minimum Gasteiger partial charge on any atom is -0.381 e. The molecule has 0 bridgehead atoms. The Balaban J connectivity index is 2.06. The zero-order valence-electron chi connectivity index (χ0n) is 9.38. The average molecular weight is 226 g/mol. The molecule has 84 valence electrons. The molecule has 0 saturated carbocycles. The van der Waals surface area contributed by atoms with Crippen LogP contribution >= 0.6 is 11.3 Å². The van der Waals surface area contributed by atoms with E-state index in [9.17, 15) is 0 Å². The summed E-state index contributed by atoms with van der Waals surface area (Å²) in [7, 11) is 0. The van der Waals surface area contributed by atoms with Crippen LogP contribution in [0.3, 0.4) is 0 Å². The topological polar surface area (TPSA) is 48.1 Å². The predicted molar refractivity (Wildman–Crippen MR) is 62.3 cm³/mol. The van der Waals surface area contributed by atoms with E-state index >= 15 is 0 Å². The van der Waals surface area contributed by atoms with E-state index in [4.69, 9.17) is 10.5 Å². The van der Waals surface area contributed by atoms with Crippen molar-refractivity contribution >= 4 is 11.3 Å². The summed E-state index contributed by atoms with van der Waals surface area (Å²) < 4.78 is 5.33.